The zero-order chi connectivity index (χ0) is 13.3. The lowest BCUT2D eigenvalue weighted by atomic mass is 10.1. The van der Waals surface area contributed by atoms with Gasteiger partial charge in [-0.2, -0.15) is 0 Å². The zero-order valence-corrected chi connectivity index (χ0v) is 11.4. The van der Waals surface area contributed by atoms with Crippen molar-refractivity contribution in [3.63, 3.8) is 0 Å². The van der Waals surface area contributed by atoms with Gasteiger partial charge in [0.05, 0.1) is 11.1 Å². The summed E-state index contributed by atoms with van der Waals surface area (Å²) in [6.07, 6.45) is -0.559. The van der Waals surface area contributed by atoms with Crippen LogP contribution in [0.15, 0.2) is 33.0 Å². The van der Waals surface area contributed by atoms with Crippen LogP contribution in [-0.4, -0.2) is 19.9 Å². The third-order valence-corrected chi connectivity index (χ3v) is 4.03. The van der Waals surface area contributed by atoms with Gasteiger partial charge in [-0.1, -0.05) is 17.7 Å². The lowest BCUT2D eigenvalue weighted by Crippen LogP contribution is -2.12. The van der Waals surface area contributed by atoms with Crippen molar-refractivity contribution in [2.45, 2.75) is 23.1 Å². The molecule has 0 amide bonds. The predicted octanol–water partition coefficient (Wildman–Crippen LogP) is 1.97. The molecule has 7 heteroatoms. The van der Waals surface area contributed by atoms with Gasteiger partial charge < -0.3 is 5.11 Å². The number of hydrogen-bond acceptors (Lipinski definition) is 4. The van der Waals surface area contributed by atoms with Crippen molar-refractivity contribution >= 4 is 23.4 Å². The number of aliphatic hydroxyl groups excluding tert-OH is 1. The first-order chi connectivity index (χ1) is 8.49. The van der Waals surface area contributed by atoms with Gasteiger partial charge in [-0.25, -0.2) is 9.89 Å². The lowest BCUT2D eigenvalue weighted by Gasteiger charge is -2.08. The number of H-pyrrole nitrogens is 1. The first-order valence-electron chi connectivity index (χ1n) is 5.26. The van der Waals surface area contributed by atoms with E-state index in [1.165, 1.54) is 16.3 Å². The SMILES string of the molecule is C[C@H](O)c1ccc(Sc2n[nH]c(=O)n2C)c(Cl)c1. The Bertz CT molecular complexity index is 621. The smallest absolute Gasteiger partial charge is 0.343 e. The second-order valence-electron chi connectivity index (χ2n) is 3.84. The van der Waals surface area contributed by atoms with E-state index in [-0.39, 0.29) is 5.69 Å². The summed E-state index contributed by atoms with van der Waals surface area (Å²) in [5, 5.41) is 16.8. The molecule has 1 aromatic heterocycles. The molecule has 0 bridgehead atoms. The van der Waals surface area contributed by atoms with Crippen molar-refractivity contribution < 1.29 is 5.11 Å². The van der Waals surface area contributed by atoms with Crippen molar-refractivity contribution in [3.8, 4) is 0 Å². The molecular formula is C11H12ClN3O2S. The second-order valence-corrected chi connectivity index (χ2v) is 5.25. The van der Waals surface area contributed by atoms with Gasteiger partial charge in [0.15, 0.2) is 5.16 Å². The number of halogens is 1. The van der Waals surface area contributed by atoms with Gasteiger partial charge >= 0.3 is 5.69 Å². The summed E-state index contributed by atoms with van der Waals surface area (Å²) in [7, 11) is 1.63. The maximum absolute atomic E-state index is 11.2. The first kappa shape index (κ1) is 13.2. The fraction of sp³-hybridized carbons (Fsp3) is 0.273. The Hall–Kier alpha value is -1.24. The van der Waals surface area contributed by atoms with Gasteiger partial charge in [0, 0.05) is 11.9 Å². The van der Waals surface area contributed by atoms with E-state index in [4.69, 9.17) is 11.6 Å². The Labute approximate surface area is 113 Å². The standard InChI is InChI=1S/C11H12ClN3O2S/c1-6(16)7-3-4-9(8(12)5-7)18-11-14-13-10(17)15(11)2/h3-6,16H,1-2H3,(H,13,17)/t6-/m0/s1. The average molecular weight is 286 g/mol. The molecule has 2 N–H and O–H groups in total. The molecular weight excluding hydrogens is 274 g/mol. The summed E-state index contributed by atoms with van der Waals surface area (Å²) in [4.78, 5) is 12.0. The predicted molar refractivity (Wildman–Crippen MR) is 70.0 cm³/mol. The highest BCUT2D eigenvalue weighted by molar-refractivity contribution is 7.99. The zero-order valence-electron chi connectivity index (χ0n) is 9.85. The van der Waals surface area contributed by atoms with E-state index >= 15 is 0 Å². The number of aliphatic hydroxyl groups is 1. The van der Waals surface area contributed by atoms with Crippen molar-refractivity contribution in [1.82, 2.24) is 14.8 Å². The molecule has 96 valence electrons. The third-order valence-electron chi connectivity index (χ3n) is 2.48. The van der Waals surface area contributed by atoms with Crippen LogP contribution < -0.4 is 5.69 Å². The van der Waals surface area contributed by atoms with Gasteiger partial charge in [0.2, 0.25) is 0 Å². The number of benzene rings is 1. The summed E-state index contributed by atoms with van der Waals surface area (Å²) in [6.45, 7) is 1.68. The van der Waals surface area contributed by atoms with Gasteiger partial charge in [-0.3, -0.25) is 4.57 Å². The van der Waals surface area contributed by atoms with Crippen LogP contribution in [0.2, 0.25) is 5.02 Å². The van der Waals surface area contributed by atoms with E-state index in [1.807, 2.05) is 0 Å². The average Bonchev–Trinajstić information content (AvgIpc) is 2.63. The molecule has 0 aliphatic rings. The molecule has 2 rings (SSSR count). The summed E-state index contributed by atoms with van der Waals surface area (Å²) in [5.74, 6) is 0. The van der Waals surface area contributed by atoms with Gasteiger partial charge in [0.25, 0.3) is 0 Å². The van der Waals surface area contributed by atoms with Crippen LogP contribution in [0.4, 0.5) is 0 Å². The highest BCUT2D eigenvalue weighted by Crippen LogP contribution is 2.33. The number of rotatable bonds is 3. The quantitative estimate of drug-likeness (QED) is 0.904. The molecule has 0 fully saturated rings. The molecule has 0 saturated carbocycles. The molecule has 0 radical (unpaired) electrons. The van der Waals surface area contributed by atoms with E-state index in [0.29, 0.717) is 10.2 Å². The normalized spacial score (nSPS) is 12.7. The maximum Gasteiger partial charge on any atom is 0.343 e. The van der Waals surface area contributed by atoms with Gasteiger partial charge in [0.1, 0.15) is 0 Å². The topological polar surface area (TPSA) is 70.9 Å². The molecule has 0 aliphatic heterocycles. The van der Waals surface area contributed by atoms with Crippen LogP contribution in [0, 0.1) is 0 Å². The summed E-state index contributed by atoms with van der Waals surface area (Å²) in [5.41, 5.74) is 0.481. The van der Waals surface area contributed by atoms with E-state index in [9.17, 15) is 9.90 Å². The molecule has 1 heterocycles. The van der Waals surface area contributed by atoms with Crippen LogP contribution in [0.1, 0.15) is 18.6 Å². The number of aromatic amines is 1. The van der Waals surface area contributed by atoms with Crippen molar-refractivity contribution in [2.75, 3.05) is 0 Å². The molecule has 5 nitrogen and oxygen atoms in total. The fourth-order valence-corrected chi connectivity index (χ4v) is 2.49. The van der Waals surface area contributed by atoms with Crippen LogP contribution in [0.3, 0.4) is 0 Å². The minimum Gasteiger partial charge on any atom is -0.389 e. The second kappa shape index (κ2) is 5.17. The fourth-order valence-electron chi connectivity index (χ4n) is 1.38. The van der Waals surface area contributed by atoms with E-state index in [2.05, 4.69) is 10.2 Å². The van der Waals surface area contributed by atoms with Crippen molar-refractivity contribution in [2.24, 2.45) is 7.05 Å². The van der Waals surface area contributed by atoms with E-state index in [0.717, 1.165) is 10.5 Å². The van der Waals surface area contributed by atoms with Crippen molar-refractivity contribution in [1.29, 1.82) is 0 Å². The number of nitrogens with zero attached hydrogens (tertiary/aromatic N) is 2. The summed E-state index contributed by atoms with van der Waals surface area (Å²) in [6, 6.07) is 5.30. The Kier molecular flexibility index (Phi) is 3.79. The largest absolute Gasteiger partial charge is 0.389 e. The van der Waals surface area contributed by atoms with Crippen LogP contribution in [-0.2, 0) is 7.05 Å². The Morgan fingerprint density at radius 1 is 1.56 bits per heavy atom. The van der Waals surface area contributed by atoms with Crippen LogP contribution >= 0.6 is 23.4 Å². The molecule has 0 saturated heterocycles. The minimum atomic E-state index is -0.559. The van der Waals surface area contributed by atoms with Crippen LogP contribution in [0.5, 0.6) is 0 Å². The third kappa shape index (κ3) is 2.60. The monoisotopic (exact) mass is 285 g/mol. The molecule has 18 heavy (non-hydrogen) atoms. The highest BCUT2D eigenvalue weighted by atomic mass is 35.5. The van der Waals surface area contributed by atoms with E-state index in [1.54, 1.807) is 32.2 Å². The molecule has 0 unspecified atom stereocenters. The molecule has 0 spiro atoms. The Morgan fingerprint density at radius 2 is 2.28 bits per heavy atom. The lowest BCUT2D eigenvalue weighted by molar-refractivity contribution is 0.199. The minimum absolute atomic E-state index is 0.269. The molecule has 2 aromatic rings. The Morgan fingerprint density at radius 3 is 2.78 bits per heavy atom. The summed E-state index contributed by atoms with van der Waals surface area (Å²) < 4.78 is 1.41. The molecule has 1 atom stereocenters. The number of hydrogen-bond donors (Lipinski definition) is 2. The summed E-state index contributed by atoms with van der Waals surface area (Å²) >= 11 is 7.41. The highest BCUT2D eigenvalue weighted by Gasteiger charge is 2.11. The molecule has 0 aliphatic carbocycles. The van der Waals surface area contributed by atoms with Crippen molar-refractivity contribution in [3.05, 3.63) is 39.3 Å². The van der Waals surface area contributed by atoms with E-state index < -0.39 is 6.10 Å². The van der Waals surface area contributed by atoms with Gasteiger partial charge in [-0.05, 0) is 36.4 Å². The number of nitrogens with one attached hydrogen (secondary N) is 1. The van der Waals surface area contributed by atoms with Gasteiger partial charge in [-0.15, -0.1) is 5.10 Å². The number of aromatic nitrogens is 3. The van der Waals surface area contributed by atoms with Crippen LogP contribution in [0.25, 0.3) is 0 Å². The first-order valence-corrected chi connectivity index (χ1v) is 6.45. The molecule has 1 aromatic carbocycles. The maximum atomic E-state index is 11.2. The Balaban J connectivity index is 2.30.